The third-order valence-corrected chi connectivity index (χ3v) is 3.65. The molecule has 0 saturated carbocycles. The van der Waals surface area contributed by atoms with Crippen molar-refractivity contribution in [3.05, 3.63) is 35.9 Å². The first-order chi connectivity index (χ1) is 10.3. The normalized spacial score (nSPS) is 22.4. The minimum atomic E-state index is -0.577. The molecule has 0 radical (unpaired) electrons. The van der Waals surface area contributed by atoms with Gasteiger partial charge in [-0.1, -0.05) is 30.3 Å². The van der Waals surface area contributed by atoms with Crippen molar-refractivity contribution < 1.29 is 14.3 Å². The third kappa shape index (κ3) is 4.23. The molecule has 2 unspecified atom stereocenters. The fraction of sp³-hybridized carbons (Fsp3) is 0.529. The van der Waals surface area contributed by atoms with Crippen molar-refractivity contribution >= 4 is 12.0 Å². The monoisotopic (exact) mass is 304 g/mol. The molecule has 0 bridgehead atoms. The topological polar surface area (TPSA) is 58.6 Å². The molecule has 2 amide bonds. The Morgan fingerprint density at radius 1 is 1.27 bits per heavy atom. The zero-order valence-corrected chi connectivity index (χ0v) is 13.6. The Morgan fingerprint density at radius 2 is 1.91 bits per heavy atom. The molecule has 5 heteroatoms. The largest absolute Gasteiger partial charge is 0.444 e. The number of piperidine rings is 1. The van der Waals surface area contributed by atoms with E-state index in [0.717, 1.165) is 0 Å². The van der Waals surface area contributed by atoms with Crippen molar-refractivity contribution in [3.8, 4) is 0 Å². The smallest absolute Gasteiger partial charge is 0.408 e. The van der Waals surface area contributed by atoms with E-state index in [1.807, 2.05) is 18.2 Å². The Morgan fingerprint density at radius 3 is 2.50 bits per heavy atom. The quantitative estimate of drug-likeness (QED) is 0.913. The van der Waals surface area contributed by atoms with Crippen molar-refractivity contribution in [2.45, 2.75) is 44.8 Å². The van der Waals surface area contributed by atoms with E-state index in [4.69, 9.17) is 4.74 Å². The molecule has 22 heavy (non-hydrogen) atoms. The second-order valence-electron chi connectivity index (χ2n) is 6.76. The van der Waals surface area contributed by atoms with E-state index < -0.39 is 17.7 Å². The van der Waals surface area contributed by atoms with E-state index in [1.165, 1.54) is 5.56 Å². The number of hydrogen-bond donors (Lipinski definition) is 1. The minimum Gasteiger partial charge on any atom is -0.444 e. The van der Waals surface area contributed by atoms with Crippen LogP contribution in [0.3, 0.4) is 0 Å². The lowest BCUT2D eigenvalue weighted by Gasteiger charge is -2.35. The number of amides is 2. The lowest BCUT2D eigenvalue weighted by Crippen LogP contribution is -2.53. The lowest BCUT2D eigenvalue weighted by atomic mass is 9.88. The number of nitrogens with zero attached hydrogens (tertiary/aromatic N) is 1. The molecule has 1 N–H and O–H groups in total. The van der Waals surface area contributed by atoms with Gasteiger partial charge >= 0.3 is 6.09 Å². The maximum absolute atomic E-state index is 12.3. The van der Waals surface area contributed by atoms with Gasteiger partial charge in [-0.2, -0.15) is 0 Å². The molecule has 2 rings (SSSR count). The van der Waals surface area contributed by atoms with E-state index in [1.54, 1.807) is 32.7 Å². The maximum atomic E-state index is 12.3. The van der Waals surface area contributed by atoms with Gasteiger partial charge in [0.05, 0.1) is 0 Å². The molecule has 1 saturated heterocycles. The highest BCUT2D eigenvalue weighted by molar-refractivity contribution is 5.86. The van der Waals surface area contributed by atoms with Crippen molar-refractivity contribution in [1.82, 2.24) is 10.2 Å². The Kier molecular flexibility index (Phi) is 4.74. The maximum Gasteiger partial charge on any atom is 0.408 e. The van der Waals surface area contributed by atoms with E-state index >= 15 is 0 Å². The van der Waals surface area contributed by atoms with Crippen LogP contribution in [0.25, 0.3) is 0 Å². The second-order valence-corrected chi connectivity index (χ2v) is 6.76. The lowest BCUT2D eigenvalue weighted by molar-refractivity contribution is -0.135. The molecule has 1 fully saturated rings. The van der Waals surface area contributed by atoms with Gasteiger partial charge in [0.2, 0.25) is 5.91 Å². The summed E-state index contributed by atoms with van der Waals surface area (Å²) in [5, 5.41) is 2.70. The number of benzene rings is 1. The second kappa shape index (κ2) is 6.38. The Hall–Kier alpha value is -2.04. The molecule has 0 spiro atoms. The van der Waals surface area contributed by atoms with E-state index in [0.29, 0.717) is 13.0 Å². The van der Waals surface area contributed by atoms with E-state index in [9.17, 15) is 9.59 Å². The van der Waals surface area contributed by atoms with Crippen molar-refractivity contribution in [2.24, 2.45) is 0 Å². The predicted octanol–water partition coefficient (Wildman–Crippen LogP) is 2.53. The average molecular weight is 304 g/mol. The number of rotatable bonds is 2. The van der Waals surface area contributed by atoms with Crippen molar-refractivity contribution in [1.29, 1.82) is 0 Å². The van der Waals surface area contributed by atoms with Gasteiger partial charge in [0, 0.05) is 19.5 Å². The van der Waals surface area contributed by atoms with Crippen LogP contribution in [0.4, 0.5) is 4.79 Å². The molecular formula is C17H24N2O3. The highest BCUT2D eigenvalue weighted by Gasteiger charge is 2.34. The van der Waals surface area contributed by atoms with Gasteiger partial charge in [-0.3, -0.25) is 4.79 Å². The summed E-state index contributed by atoms with van der Waals surface area (Å²) in [5.41, 5.74) is 0.602. The van der Waals surface area contributed by atoms with Crippen LogP contribution in [-0.2, 0) is 9.53 Å². The molecule has 0 aromatic heterocycles. The Labute approximate surface area is 131 Å². The highest BCUT2D eigenvalue weighted by Crippen LogP contribution is 2.27. The molecule has 1 aromatic carbocycles. The van der Waals surface area contributed by atoms with E-state index in [2.05, 4.69) is 17.4 Å². The number of carbonyl (C=O) groups is 2. The summed E-state index contributed by atoms with van der Waals surface area (Å²) in [6, 6.07) is 9.51. The average Bonchev–Trinajstić information content (AvgIpc) is 2.42. The SMILES string of the molecule is CN1CC(c2ccccc2)CC(NC(=O)OC(C)(C)C)C1=O. The van der Waals surface area contributed by atoms with Gasteiger partial charge in [0.15, 0.2) is 0 Å². The number of ether oxygens (including phenoxy) is 1. The first-order valence-corrected chi connectivity index (χ1v) is 7.55. The van der Waals surface area contributed by atoms with E-state index in [-0.39, 0.29) is 11.8 Å². The van der Waals surface area contributed by atoms with Crippen LogP contribution >= 0.6 is 0 Å². The van der Waals surface area contributed by atoms with Crippen LogP contribution in [0, 0.1) is 0 Å². The third-order valence-electron chi connectivity index (χ3n) is 3.65. The van der Waals surface area contributed by atoms with Crippen LogP contribution in [0.1, 0.15) is 38.7 Å². The molecule has 1 aromatic rings. The van der Waals surface area contributed by atoms with Crippen LogP contribution in [0.5, 0.6) is 0 Å². The Bertz CT molecular complexity index is 537. The van der Waals surface area contributed by atoms with Gasteiger partial charge in [-0.05, 0) is 32.8 Å². The number of nitrogens with one attached hydrogen (secondary N) is 1. The fourth-order valence-electron chi connectivity index (χ4n) is 2.68. The van der Waals surface area contributed by atoms with Crippen LogP contribution in [0.15, 0.2) is 30.3 Å². The van der Waals surface area contributed by atoms with Gasteiger partial charge in [0.1, 0.15) is 11.6 Å². The van der Waals surface area contributed by atoms with Crippen LogP contribution < -0.4 is 5.32 Å². The first kappa shape index (κ1) is 16.3. The molecule has 120 valence electrons. The predicted molar refractivity (Wildman–Crippen MR) is 84.6 cm³/mol. The number of hydrogen-bond acceptors (Lipinski definition) is 3. The van der Waals surface area contributed by atoms with Gasteiger partial charge in [-0.25, -0.2) is 4.79 Å². The summed E-state index contributed by atoms with van der Waals surface area (Å²) in [6.45, 7) is 6.06. The van der Waals surface area contributed by atoms with Gasteiger partial charge < -0.3 is 15.0 Å². The standard InChI is InChI=1S/C17H24N2O3/c1-17(2,3)22-16(21)18-14-10-13(11-19(4)15(14)20)12-8-6-5-7-9-12/h5-9,13-14H,10-11H2,1-4H3,(H,18,21). The molecule has 2 atom stereocenters. The summed E-state index contributed by atoms with van der Waals surface area (Å²) in [5.74, 6) is 0.141. The summed E-state index contributed by atoms with van der Waals surface area (Å²) < 4.78 is 5.24. The number of carbonyl (C=O) groups excluding carboxylic acids is 2. The molecule has 1 heterocycles. The summed E-state index contributed by atoms with van der Waals surface area (Å²) in [7, 11) is 1.77. The molecule has 0 aliphatic carbocycles. The van der Waals surface area contributed by atoms with Crippen LogP contribution in [0.2, 0.25) is 0 Å². The van der Waals surface area contributed by atoms with Gasteiger partial charge in [-0.15, -0.1) is 0 Å². The molecule has 5 nitrogen and oxygen atoms in total. The fourth-order valence-corrected chi connectivity index (χ4v) is 2.68. The highest BCUT2D eigenvalue weighted by atomic mass is 16.6. The zero-order chi connectivity index (χ0) is 16.3. The minimum absolute atomic E-state index is 0.0713. The van der Waals surface area contributed by atoms with Crippen molar-refractivity contribution in [2.75, 3.05) is 13.6 Å². The van der Waals surface area contributed by atoms with Crippen molar-refractivity contribution in [3.63, 3.8) is 0 Å². The molecule has 1 aliphatic heterocycles. The molecule has 1 aliphatic rings. The van der Waals surface area contributed by atoms with Crippen LogP contribution in [-0.4, -0.2) is 42.1 Å². The summed E-state index contributed by atoms with van der Waals surface area (Å²) >= 11 is 0. The summed E-state index contributed by atoms with van der Waals surface area (Å²) in [6.07, 6.45) is 0.0415. The van der Waals surface area contributed by atoms with Gasteiger partial charge in [0.25, 0.3) is 0 Å². The zero-order valence-electron chi connectivity index (χ0n) is 13.6. The Balaban J connectivity index is 2.06. The molecular weight excluding hydrogens is 280 g/mol. The number of alkyl carbamates (subject to hydrolysis) is 1. The summed E-state index contributed by atoms with van der Waals surface area (Å²) in [4.78, 5) is 25.8. The number of likely N-dealkylation sites (N-methyl/N-ethyl adjacent to an activating group) is 1. The number of likely N-dealkylation sites (tertiary alicyclic amines) is 1. The first-order valence-electron chi connectivity index (χ1n) is 7.55.